The Kier molecular flexibility index (Phi) is 8.21. The number of hydrogen-bond acceptors (Lipinski definition) is 5. The summed E-state index contributed by atoms with van der Waals surface area (Å²) >= 11 is 0. The third-order valence-corrected chi connectivity index (χ3v) is 6.52. The molecule has 1 unspecified atom stereocenters. The largest absolute Gasteiger partial charge is 0.486 e. The molecule has 7 nitrogen and oxygen atoms in total. The van der Waals surface area contributed by atoms with Crippen molar-refractivity contribution in [3.8, 4) is 5.75 Å². The first kappa shape index (κ1) is 27.4. The van der Waals surface area contributed by atoms with Gasteiger partial charge >= 0.3 is 0 Å². The lowest BCUT2D eigenvalue weighted by atomic mass is 9.85. The molecule has 2 heterocycles. The minimum Gasteiger partial charge on any atom is -0.486 e. The highest BCUT2D eigenvalue weighted by Gasteiger charge is 2.37. The molecule has 8 heteroatoms. The number of furan rings is 1. The summed E-state index contributed by atoms with van der Waals surface area (Å²) in [6.45, 7) is 7.63. The number of hydrogen-bond donors (Lipinski definition) is 1. The summed E-state index contributed by atoms with van der Waals surface area (Å²) in [4.78, 5) is 29.5. The number of rotatable bonds is 8. The smallest absolute Gasteiger partial charge is 0.287 e. The third kappa shape index (κ3) is 6.42. The first-order chi connectivity index (χ1) is 18.0. The number of benzene rings is 2. The molecule has 1 aromatic heterocycles. The van der Waals surface area contributed by atoms with Crippen molar-refractivity contribution in [3.63, 3.8) is 0 Å². The lowest BCUT2D eigenvalue weighted by molar-refractivity contribution is -0.141. The van der Waals surface area contributed by atoms with Gasteiger partial charge in [0.15, 0.2) is 5.76 Å². The number of fused-ring (bicyclic) bond motifs is 1. The highest BCUT2D eigenvalue weighted by Crippen LogP contribution is 2.39. The highest BCUT2D eigenvalue weighted by molar-refractivity contribution is 5.91. The summed E-state index contributed by atoms with van der Waals surface area (Å²) in [5.41, 5.74) is 2.15. The van der Waals surface area contributed by atoms with Crippen molar-refractivity contribution in [1.82, 2.24) is 15.1 Å². The van der Waals surface area contributed by atoms with Crippen molar-refractivity contribution in [2.75, 3.05) is 33.7 Å². The monoisotopic (exact) mass is 521 g/mol. The molecule has 38 heavy (non-hydrogen) atoms. The third-order valence-electron chi connectivity index (χ3n) is 6.52. The van der Waals surface area contributed by atoms with E-state index >= 15 is 0 Å². The average molecular weight is 522 g/mol. The molecule has 0 radical (unpaired) electrons. The van der Waals surface area contributed by atoms with Gasteiger partial charge in [-0.15, -0.1) is 0 Å². The van der Waals surface area contributed by atoms with Crippen LogP contribution in [-0.4, -0.2) is 55.3 Å². The van der Waals surface area contributed by atoms with E-state index < -0.39 is 11.5 Å². The number of halogens is 1. The van der Waals surface area contributed by atoms with Crippen LogP contribution in [0.15, 0.2) is 59.0 Å². The number of likely N-dealkylation sites (N-methyl/N-ethyl adjacent to an activating group) is 1. The van der Waals surface area contributed by atoms with Crippen molar-refractivity contribution < 1.29 is 23.1 Å². The molecular weight excluding hydrogens is 485 g/mol. The van der Waals surface area contributed by atoms with Crippen LogP contribution in [0.3, 0.4) is 0 Å². The maximum atomic E-state index is 14.2. The summed E-state index contributed by atoms with van der Waals surface area (Å²) in [6.07, 6.45) is 0.702. The molecule has 4 rings (SSSR count). The Balaban J connectivity index is 1.54. The molecule has 202 valence electrons. The first-order valence-corrected chi connectivity index (χ1v) is 12.9. The Morgan fingerprint density at radius 3 is 2.63 bits per heavy atom. The molecule has 0 fully saturated rings. The van der Waals surface area contributed by atoms with Crippen molar-refractivity contribution in [2.24, 2.45) is 5.41 Å². The number of nitrogens with zero attached hydrogens (tertiary/aromatic N) is 2. The van der Waals surface area contributed by atoms with E-state index in [0.29, 0.717) is 31.0 Å². The zero-order chi connectivity index (χ0) is 27.4. The summed E-state index contributed by atoms with van der Waals surface area (Å²) in [7, 11) is 3.88. The van der Waals surface area contributed by atoms with Crippen LogP contribution in [0.2, 0.25) is 0 Å². The van der Waals surface area contributed by atoms with Crippen molar-refractivity contribution >= 4 is 11.8 Å². The van der Waals surface area contributed by atoms with Gasteiger partial charge in [0.2, 0.25) is 5.91 Å². The second kappa shape index (κ2) is 11.4. The highest BCUT2D eigenvalue weighted by atomic mass is 19.1. The van der Waals surface area contributed by atoms with Crippen LogP contribution in [-0.2, 0) is 17.8 Å². The first-order valence-electron chi connectivity index (χ1n) is 12.9. The van der Waals surface area contributed by atoms with Crippen molar-refractivity contribution in [3.05, 3.63) is 88.6 Å². The Bertz CT molecular complexity index is 1290. The van der Waals surface area contributed by atoms with E-state index in [1.807, 2.05) is 68.9 Å². The van der Waals surface area contributed by atoms with Crippen LogP contribution in [0, 0.1) is 11.2 Å². The summed E-state index contributed by atoms with van der Waals surface area (Å²) in [6, 6.07) is 15.2. The Labute approximate surface area is 223 Å². The quantitative estimate of drug-likeness (QED) is 0.461. The van der Waals surface area contributed by atoms with E-state index in [1.165, 1.54) is 12.1 Å². The number of ether oxygens (including phenoxy) is 1. The fourth-order valence-corrected chi connectivity index (χ4v) is 4.58. The van der Waals surface area contributed by atoms with Gasteiger partial charge in [0, 0.05) is 25.0 Å². The maximum Gasteiger partial charge on any atom is 0.287 e. The Morgan fingerprint density at radius 2 is 1.92 bits per heavy atom. The average Bonchev–Trinajstić information content (AvgIpc) is 3.34. The second-order valence-electron chi connectivity index (χ2n) is 10.9. The molecule has 1 aliphatic heterocycles. The molecule has 0 spiro atoms. The molecule has 2 amide bonds. The molecule has 1 aliphatic rings. The standard InChI is InChI=1S/C30H36FN3O4/c1-30(2,3)29(36)34-15-13-20-9-10-23(18-25(20)27(34)21-7-6-8-22(31)17-21)37-19-24-11-12-26(38-24)28(35)32-14-16-33(4)5/h6-12,17-18,27H,13-16,19H2,1-5H3,(H,32,35). The van der Waals surface area contributed by atoms with Crippen LogP contribution in [0.25, 0.3) is 0 Å². The van der Waals surface area contributed by atoms with E-state index in [2.05, 4.69) is 5.32 Å². The SMILES string of the molecule is CN(C)CCNC(=O)c1ccc(COc2ccc3c(c2)C(c2cccc(F)c2)N(C(=O)C(C)(C)C)CC3)o1. The number of carbonyl (C=O) groups excluding carboxylic acids is 2. The lowest BCUT2D eigenvalue weighted by Crippen LogP contribution is -2.45. The Hall–Kier alpha value is -3.65. The van der Waals surface area contributed by atoms with E-state index in [4.69, 9.17) is 9.15 Å². The zero-order valence-electron chi connectivity index (χ0n) is 22.7. The predicted octanol–water partition coefficient (Wildman–Crippen LogP) is 4.81. The van der Waals surface area contributed by atoms with Gasteiger partial charge in [0.1, 0.15) is 23.9 Å². The van der Waals surface area contributed by atoms with Crippen LogP contribution in [0.4, 0.5) is 4.39 Å². The molecule has 1 atom stereocenters. The van der Waals surface area contributed by atoms with Gasteiger partial charge in [0.05, 0.1) is 6.04 Å². The van der Waals surface area contributed by atoms with Crippen LogP contribution >= 0.6 is 0 Å². The van der Waals surface area contributed by atoms with Crippen LogP contribution < -0.4 is 10.1 Å². The van der Waals surface area contributed by atoms with Gasteiger partial charge in [-0.2, -0.15) is 0 Å². The fraction of sp³-hybridized carbons (Fsp3) is 0.400. The Morgan fingerprint density at radius 1 is 1.13 bits per heavy atom. The molecule has 3 aromatic rings. The van der Waals surface area contributed by atoms with Gasteiger partial charge in [-0.1, -0.05) is 39.0 Å². The summed E-state index contributed by atoms with van der Waals surface area (Å²) in [5, 5.41) is 2.83. The molecule has 0 aliphatic carbocycles. The van der Waals surface area contributed by atoms with E-state index in [-0.39, 0.29) is 30.0 Å². The molecule has 0 saturated heterocycles. The second-order valence-corrected chi connectivity index (χ2v) is 10.9. The zero-order valence-corrected chi connectivity index (χ0v) is 22.7. The normalized spacial score (nSPS) is 15.3. The van der Waals surface area contributed by atoms with Crippen molar-refractivity contribution in [2.45, 2.75) is 39.8 Å². The fourth-order valence-electron chi connectivity index (χ4n) is 4.58. The minimum absolute atomic E-state index is 0.00991. The summed E-state index contributed by atoms with van der Waals surface area (Å²) in [5.74, 6) is 0.749. The number of nitrogens with one attached hydrogen (secondary N) is 1. The van der Waals surface area contributed by atoms with Crippen molar-refractivity contribution in [1.29, 1.82) is 0 Å². The van der Waals surface area contributed by atoms with Crippen LogP contribution in [0.5, 0.6) is 5.75 Å². The van der Waals surface area contributed by atoms with Gasteiger partial charge in [-0.05, 0) is 73.6 Å². The van der Waals surface area contributed by atoms with Gasteiger partial charge in [-0.3, -0.25) is 9.59 Å². The summed E-state index contributed by atoms with van der Waals surface area (Å²) < 4.78 is 25.9. The predicted molar refractivity (Wildman–Crippen MR) is 143 cm³/mol. The number of carbonyl (C=O) groups is 2. The maximum absolute atomic E-state index is 14.2. The molecule has 1 N–H and O–H groups in total. The lowest BCUT2D eigenvalue weighted by Gasteiger charge is -2.41. The van der Waals surface area contributed by atoms with E-state index in [9.17, 15) is 14.0 Å². The van der Waals surface area contributed by atoms with Crippen LogP contribution in [0.1, 0.15) is 59.8 Å². The topological polar surface area (TPSA) is 75.0 Å². The van der Waals surface area contributed by atoms with E-state index in [1.54, 1.807) is 18.2 Å². The molecule has 0 saturated carbocycles. The molecular formula is C30H36FN3O4. The molecule has 2 aromatic carbocycles. The van der Waals surface area contributed by atoms with Gasteiger partial charge in [-0.25, -0.2) is 4.39 Å². The van der Waals surface area contributed by atoms with Gasteiger partial charge < -0.3 is 24.3 Å². The minimum atomic E-state index is -0.576. The number of amides is 2. The van der Waals surface area contributed by atoms with Gasteiger partial charge in [0.25, 0.3) is 5.91 Å². The van der Waals surface area contributed by atoms with E-state index in [0.717, 1.165) is 23.2 Å². The molecule has 0 bridgehead atoms.